The molecule has 3 aromatic heterocycles. The molecule has 0 N–H and O–H groups in total. The summed E-state index contributed by atoms with van der Waals surface area (Å²) in [4.78, 5) is 14.5. The SMILES string of the molecule is COc1ccc2nnc(C3CCN(C(=O)c4cc(C)n(C)n4)CC3)n2n1. The average Bonchev–Trinajstić information content (AvgIpc) is 3.24. The van der Waals surface area contributed by atoms with E-state index in [4.69, 9.17) is 4.74 Å². The molecule has 3 aromatic rings. The van der Waals surface area contributed by atoms with Crippen molar-refractivity contribution in [2.45, 2.75) is 25.7 Å². The summed E-state index contributed by atoms with van der Waals surface area (Å²) in [5, 5.41) is 17.2. The molecule has 0 aliphatic carbocycles. The molecule has 0 saturated carbocycles. The molecule has 0 spiro atoms. The molecule has 1 fully saturated rings. The van der Waals surface area contributed by atoms with E-state index in [2.05, 4.69) is 20.4 Å². The maximum Gasteiger partial charge on any atom is 0.274 e. The van der Waals surface area contributed by atoms with Crippen molar-refractivity contribution in [3.63, 3.8) is 0 Å². The van der Waals surface area contributed by atoms with Crippen LogP contribution in [-0.2, 0) is 7.05 Å². The monoisotopic (exact) mass is 355 g/mol. The first kappa shape index (κ1) is 16.5. The van der Waals surface area contributed by atoms with Gasteiger partial charge in [0.05, 0.1) is 7.11 Å². The van der Waals surface area contributed by atoms with Gasteiger partial charge in [-0.15, -0.1) is 15.3 Å². The summed E-state index contributed by atoms with van der Waals surface area (Å²) in [7, 11) is 3.43. The predicted octanol–water partition coefficient (Wildman–Crippen LogP) is 1.19. The minimum atomic E-state index is -0.0157. The van der Waals surface area contributed by atoms with Crippen LogP contribution in [-0.4, -0.2) is 60.6 Å². The van der Waals surface area contributed by atoms with Gasteiger partial charge in [-0.2, -0.15) is 9.61 Å². The van der Waals surface area contributed by atoms with Gasteiger partial charge in [-0.05, 0) is 31.9 Å². The van der Waals surface area contributed by atoms with E-state index in [0.717, 1.165) is 24.4 Å². The quantitative estimate of drug-likeness (QED) is 0.701. The zero-order chi connectivity index (χ0) is 18.3. The second-order valence-corrected chi connectivity index (χ2v) is 6.56. The normalized spacial score (nSPS) is 15.6. The molecule has 4 rings (SSSR count). The van der Waals surface area contributed by atoms with Crippen LogP contribution in [0.1, 0.15) is 40.8 Å². The third-order valence-electron chi connectivity index (χ3n) is 4.95. The average molecular weight is 355 g/mol. The summed E-state index contributed by atoms with van der Waals surface area (Å²) in [6, 6.07) is 5.44. The maximum atomic E-state index is 12.6. The minimum absolute atomic E-state index is 0.0157. The van der Waals surface area contributed by atoms with Crippen molar-refractivity contribution in [1.82, 2.24) is 34.5 Å². The largest absolute Gasteiger partial charge is 0.480 e. The van der Waals surface area contributed by atoms with E-state index in [1.54, 1.807) is 22.4 Å². The van der Waals surface area contributed by atoms with Gasteiger partial charge in [0, 0.05) is 37.8 Å². The van der Waals surface area contributed by atoms with Crippen molar-refractivity contribution in [3.05, 3.63) is 35.4 Å². The van der Waals surface area contributed by atoms with E-state index in [-0.39, 0.29) is 11.8 Å². The molecule has 1 aliphatic rings. The predicted molar refractivity (Wildman–Crippen MR) is 93.2 cm³/mol. The molecule has 4 heterocycles. The summed E-state index contributed by atoms with van der Waals surface area (Å²) < 4.78 is 8.66. The number of amides is 1. The number of carbonyl (C=O) groups is 1. The molecule has 136 valence electrons. The van der Waals surface area contributed by atoms with Gasteiger partial charge in [-0.3, -0.25) is 9.48 Å². The van der Waals surface area contributed by atoms with Crippen molar-refractivity contribution in [3.8, 4) is 5.88 Å². The minimum Gasteiger partial charge on any atom is -0.480 e. The van der Waals surface area contributed by atoms with Gasteiger partial charge < -0.3 is 9.64 Å². The van der Waals surface area contributed by atoms with Gasteiger partial charge in [0.25, 0.3) is 5.91 Å². The standard InChI is InChI=1S/C17H21N7O2/c1-11-10-13(20-22(11)2)17(25)23-8-6-12(7-9-23)16-19-18-14-4-5-15(26-3)21-24(14)16/h4-5,10,12H,6-9H2,1-3H3. The highest BCUT2D eigenvalue weighted by atomic mass is 16.5. The Morgan fingerprint density at radius 2 is 1.96 bits per heavy atom. The highest BCUT2D eigenvalue weighted by Crippen LogP contribution is 2.27. The fraction of sp³-hybridized carbons (Fsp3) is 0.471. The van der Waals surface area contributed by atoms with Crippen LogP contribution in [0.5, 0.6) is 5.88 Å². The maximum absolute atomic E-state index is 12.6. The molecule has 9 nitrogen and oxygen atoms in total. The second kappa shape index (κ2) is 6.40. The van der Waals surface area contributed by atoms with E-state index in [1.165, 1.54) is 0 Å². The zero-order valence-corrected chi connectivity index (χ0v) is 15.1. The molecule has 0 aromatic carbocycles. The van der Waals surface area contributed by atoms with Gasteiger partial charge in [0.2, 0.25) is 5.88 Å². The molecule has 1 amide bonds. The Morgan fingerprint density at radius 3 is 2.62 bits per heavy atom. The van der Waals surface area contributed by atoms with Gasteiger partial charge in [-0.1, -0.05) is 0 Å². The third-order valence-corrected chi connectivity index (χ3v) is 4.95. The molecule has 0 atom stereocenters. The molecular weight excluding hydrogens is 334 g/mol. The number of nitrogens with zero attached hydrogens (tertiary/aromatic N) is 7. The Morgan fingerprint density at radius 1 is 1.19 bits per heavy atom. The lowest BCUT2D eigenvalue weighted by atomic mass is 9.96. The summed E-state index contributed by atoms with van der Waals surface area (Å²) >= 11 is 0. The van der Waals surface area contributed by atoms with Crippen LogP contribution in [0.4, 0.5) is 0 Å². The van der Waals surface area contributed by atoms with Crippen LogP contribution in [0.15, 0.2) is 18.2 Å². The molecule has 1 aliphatic heterocycles. The fourth-order valence-electron chi connectivity index (χ4n) is 3.32. The van der Waals surface area contributed by atoms with E-state index < -0.39 is 0 Å². The molecule has 1 saturated heterocycles. The summed E-state index contributed by atoms with van der Waals surface area (Å²) in [5.41, 5.74) is 2.17. The lowest BCUT2D eigenvalue weighted by Gasteiger charge is -2.30. The van der Waals surface area contributed by atoms with Crippen molar-refractivity contribution in [1.29, 1.82) is 0 Å². The first-order valence-corrected chi connectivity index (χ1v) is 8.63. The third kappa shape index (κ3) is 2.79. The number of hydrogen-bond acceptors (Lipinski definition) is 6. The van der Waals surface area contributed by atoms with Gasteiger partial charge in [0.1, 0.15) is 0 Å². The van der Waals surface area contributed by atoms with Crippen molar-refractivity contribution in [2.24, 2.45) is 7.05 Å². The smallest absolute Gasteiger partial charge is 0.274 e. The molecule has 0 radical (unpaired) electrons. The number of aromatic nitrogens is 6. The molecule has 26 heavy (non-hydrogen) atoms. The first-order chi connectivity index (χ1) is 12.6. The van der Waals surface area contributed by atoms with Crippen molar-refractivity contribution in [2.75, 3.05) is 20.2 Å². The second-order valence-electron chi connectivity index (χ2n) is 6.56. The topological polar surface area (TPSA) is 90.4 Å². The van der Waals surface area contributed by atoms with E-state index in [9.17, 15) is 4.79 Å². The zero-order valence-electron chi connectivity index (χ0n) is 15.1. The van der Waals surface area contributed by atoms with Crippen LogP contribution in [0.2, 0.25) is 0 Å². The van der Waals surface area contributed by atoms with Gasteiger partial charge in [0.15, 0.2) is 17.2 Å². The van der Waals surface area contributed by atoms with E-state index >= 15 is 0 Å². The highest BCUT2D eigenvalue weighted by Gasteiger charge is 2.29. The fourth-order valence-corrected chi connectivity index (χ4v) is 3.32. The first-order valence-electron chi connectivity index (χ1n) is 8.63. The van der Waals surface area contributed by atoms with Crippen molar-refractivity contribution >= 4 is 11.6 Å². The van der Waals surface area contributed by atoms with Gasteiger partial charge in [-0.25, -0.2) is 0 Å². The van der Waals surface area contributed by atoms with Crippen LogP contribution >= 0.6 is 0 Å². The Balaban J connectivity index is 1.49. The summed E-state index contributed by atoms with van der Waals surface area (Å²) in [5.74, 6) is 1.54. The van der Waals surface area contributed by atoms with Crippen LogP contribution in [0.25, 0.3) is 5.65 Å². The van der Waals surface area contributed by atoms with Crippen LogP contribution in [0.3, 0.4) is 0 Å². The number of ether oxygens (including phenoxy) is 1. The summed E-state index contributed by atoms with van der Waals surface area (Å²) in [6.07, 6.45) is 1.63. The number of methoxy groups -OCH3 is 1. The number of aryl methyl sites for hydroxylation is 2. The molecule has 0 bridgehead atoms. The highest BCUT2D eigenvalue weighted by molar-refractivity contribution is 5.92. The van der Waals surface area contributed by atoms with Crippen molar-refractivity contribution < 1.29 is 9.53 Å². The number of hydrogen-bond donors (Lipinski definition) is 0. The van der Waals surface area contributed by atoms with Crippen LogP contribution < -0.4 is 4.74 Å². The molecular formula is C17H21N7O2. The van der Waals surface area contributed by atoms with Crippen LogP contribution in [0, 0.1) is 6.92 Å². The van der Waals surface area contributed by atoms with E-state index in [0.29, 0.717) is 30.3 Å². The Kier molecular flexibility index (Phi) is 4.06. The Bertz CT molecular complexity index is 934. The molecule has 9 heteroatoms. The molecule has 0 unspecified atom stereocenters. The Labute approximate surface area is 150 Å². The number of fused-ring (bicyclic) bond motifs is 1. The van der Waals surface area contributed by atoms with E-state index in [1.807, 2.05) is 31.0 Å². The lowest BCUT2D eigenvalue weighted by molar-refractivity contribution is 0.0704. The lowest BCUT2D eigenvalue weighted by Crippen LogP contribution is -2.38. The number of carbonyl (C=O) groups excluding carboxylic acids is 1. The number of rotatable bonds is 3. The summed E-state index contributed by atoms with van der Waals surface area (Å²) in [6.45, 7) is 3.27. The number of piperidine rings is 1. The van der Waals surface area contributed by atoms with Gasteiger partial charge >= 0.3 is 0 Å². The number of likely N-dealkylation sites (tertiary alicyclic amines) is 1. The Hall–Kier alpha value is -2.97.